The van der Waals surface area contributed by atoms with Gasteiger partial charge < -0.3 is 10.5 Å². The van der Waals surface area contributed by atoms with Gasteiger partial charge in [0.05, 0.1) is 14.5 Å². The maximum absolute atomic E-state index is 5.99. The summed E-state index contributed by atoms with van der Waals surface area (Å²) in [7, 11) is 0. The number of aromatic nitrogens is 1. The molecular weight excluding hydrogens is 327 g/mol. The number of ether oxygens (including phenoxy) is 1. The Labute approximate surface area is 117 Å². The third kappa shape index (κ3) is 3.03. The normalized spacial score (nSPS) is 10.3. The van der Waals surface area contributed by atoms with Crippen LogP contribution in [-0.4, -0.2) is 4.98 Å². The minimum absolute atomic E-state index is 0.390. The van der Waals surface area contributed by atoms with Crippen LogP contribution in [0.15, 0.2) is 34.9 Å². The summed E-state index contributed by atoms with van der Waals surface area (Å²) in [4.78, 5) is 4.05. The first-order valence-electron chi connectivity index (χ1n) is 4.60. The number of nitrogen functional groups attached to an aromatic ring is 1. The van der Waals surface area contributed by atoms with E-state index in [2.05, 4.69) is 20.9 Å². The van der Waals surface area contributed by atoms with Crippen molar-refractivity contribution in [1.82, 2.24) is 4.98 Å². The molecule has 17 heavy (non-hydrogen) atoms. The number of nitrogens with zero attached hydrogens (tertiary/aromatic N) is 1. The van der Waals surface area contributed by atoms with Crippen molar-refractivity contribution in [1.29, 1.82) is 0 Å². The maximum atomic E-state index is 5.99. The fourth-order valence-corrected chi connectivity index (χ4v) is 2.13. The largest absolute Gasteiger partial charge is 0.436 e. The smallest absolute Gasteiger partial charge is 0.233 e. The number of hydrogen-bond acceptors (Lipinski definition) is 3. The number of benzene rings is 1. The van der Waals surface area contributed by atoms with Crippen molar-refractivity contribution in [2.45, 2.75) is 0 Å². The van der Waals surface area contributed by atoms with E-state index in [1.807, 2.05) is 0 Å². The number of rotatable bonds is 2. The topological polar surface area (TPSA) is 48.1 Å². The van der Waals surface area contributed by atoms with E-state index >= 15 is 0 Å². The zero-order valence-corrected chi connectivity index (χ0v) is 11.6. The molecule has 2 rings (SSSR count). The lowest BCUT2D eigenvalue weighted by molar-refractivity contribution is 0.460. The summed E-state index contributed by atoms with van der Waals surface area (Å²) in [5, 5.41) is 0.946. The van der Waals surface area contributed by atoms with Gasteiger partial charge in [-0.2, -0.15) is 0 Å². The van der Waals surface area contributed by atoms with Gasteiger partial charge in [0, 0.05) is 11.9 Å². The monoisotopic (exact) mass is 332 g/mol. The van der Waals surface area contributed by atoms with Crippen LogP contribution in [0.5, 0.6) is 11.6 Å². The standard InChI is InChI=1S/C11H7BrCl2N2O/c12-8-3-6(13)5-16-11(8)17-10-2-1-7(15)4-9(10)14/h1-5H,15H2. The lowest BCUT2D eigenvalue weighted by Crippen LogP contribution is -1.91. The Bertz CT molecular complexity index is 514. The molecule has 0 spiro atoms. The summed E-state index contributed by atoms with van der Waals surface area (Å²) in [5.74, 6) is 0.873. The van der Waals surface area contributed by atoms with E-state index < -0.39 is 0 Å². The van der Waals surface area contributed by atoms with Crippen LogP contribution in [0.4, 0.5) is 5.69 Å². The average molecular weight is 334 g/mol. The molecule has 0 fully saturated rings. The zero-order chi connectivity index (χ0) is 12.4. The molecular formula is C11H7BrCl2N2O. The molecule has 0 unspecified atom stereocenters. The van der Waals surface area contributed by atoms with E-state index in [9.17, 15) is 0 Å². The van der Waals surface area contributed by atoms with E-state index in [0.29, 0.717) is 31.8 Å². The van der Waals surface area contributed by atoms with Gasteiger partial charge in [0.15, 0.2) is 0 Å². The van der Waals surface area contributed by atoms with Gasteiger partial charge in [0.1, 0.15) is 5.75 Å². The molecule has 1 aromatic carbocycles. The number of halogens is 3. The van der Waals surface area contributed by atoms with Crippen molar-refractivity contribution in [2.24, 2.45) is 0 Å². The van der Waals surface area contributed by atoms with Gasteiger partial charge in [-0.05, 0) is 40.2 Å². The molecule has 0 saturated heterocycles. The summed E-state index contributed by atoms with van der Waals surface area (Å²) in [5.41, 5.74) is 6.16. The van der Waals surface area contributed by atoms with E-state index in [0.717, 1.165) is 0 Å². The first-order chi connectivity index (χ1) is 8.06. The molecule has 0 aliphatic heterocycles. The lowest BCUT2D eigenvalue weighted by Gasteiger charge is -2.08. The molecule has 1 aromatic heterocycles. The molecule has 0 amide bonds. The van der Waals surface area contributed by atoms with Crippen molar-refractivity contribution in [3.8, 4) is 11.6 Å². The molecule has 0 aliphatic rings. The quantitative estimate of drug-likeness (QED) is 0.821. The van der Waals surface area contributed by atoms with E-state index in [4.69, 9.17) is 33.7 Å². The highest BCUT2D eigenvalue weighted by Gasteiger charge is 2.08. The van der Waals surface area contributed by atoms with Crippen molar-refractivity contribution in [3.05, 3.63) is 45.0 Å². The van der Waals surface area contributed by atoms with Crippen molar-refractivity contribution < 1.29 is 4.74 Å². The minimum Gasteiger partial charge on any atom is -0.436 e. The first-order valence-corrected chi connectivity index (χ1v) is 6.15. The maximum Gasteiger partial charge on any atom is 0.233 e. The highest BCUT2D eigenvalue weighted by atomic mass is 79.9. The second-order valence-electron chi connectivity index (χ2n) is 3.23. The summed E-state index contributed by atoms with van der Waals surface area (Å²) in [6, 6.07) is 6.68. The van der Waals surface area contributed by atoms with E-state index in [1.54, 1.807) is 24.3 Å². The third-order valence-electron chi connectivity index (χ3n) is 1.94. The average Bonchev–Trinajstić information content (AvgIpc) is 2.25. The molecule has 0 aliphatic carbocycles. The molecule has 2 aromatic rings. The number of pyridine rings is 1. The second-order valence-corrected chi connectivity index (χ2v) is 4.93. The van der Waals surface area contributed by atoms with Crippen LogP contribution in [0.2, 0.25) is 10.0 Å². The molecule has 3 nitrogen and oxygen atoms in total. The van der Waals surface area contributed by atoms with Gasteiger partial charge in [-0.15, -0.1) is 0 Å². The molecule has 2 N–H and O–H groups in total. The minimum atomic E-state index is 0.390. The molecule has 6 heteroatoms. The van der Waals surface area contributed by atoms with Gasteiger partial charge in [0.2, 0.25) is 5.88 Å². The van der Waals surface area contributed by atoms with Crippen LogP contribution in [-0.2, 0) is 0 Å². The van der Waals surface area contributed by atoms with Gasteiger partial charge >= 0.3 is 0 Å². The Morgan fingerprint density at radius 2 is 2.00 bits per heavy atom. The van der Waals surface area contributed by atoms with Crippen molar-refractivity contribution in [3.63, 3.8) is 0 Å². The summed E-state index contributed by atoms with van der Waals surface area (Å²) in [6.45, 7) is 0. The van der Waals surface area contributed by atoms with Gasteiger partial charge in [-0.25, -0.2) is 4.98 Å². The summed E-state index contributed by atoms with van der Waals surface area (Å²) >= 11 is 15.1. The molecule has 0 radical (unpaired) electrons. The highest BCUT2D eigenvalue weighted by molar-refractivity contribution is 9.10. The molecule has 0 saturated carbocycles. The Balaban J connectivity index is 2.31. The predicted molar refractivity (Wildman–Crippen MR) is 72.9 cm³/mol. The van der Waals surface area contributed by atoms with Crippen molar-refractivity contribution >= 4 is 44.8 Å². The van der Waals surface area contributed by atoms with E-state index in [-0.39, 0.29) is 0 Å². The van der Waals surface area contributed by atoms with Crippen molar-refractivity contribution in [2.75, 3.05) is 5.73 Å². The number of hydrogen-bond donors (Lipinski definition) is 1. The van der Waals surface area contributed by atoms with Gasteiger partial charge in [-0.1, -0.05) is 23.2 Å². The Morgan fingerprint density at radius 3 is 2.65 bits per heavy atom. The highest BCUT2D eigenvalue weighted by Crippen LogP contribution is 2.34. The Morgan fingerprint density at radius 1 is 1.24 bits per heavy atom. The van der Waals surface area contributed by atoms with Crippen LogP contribution < -0.4 is 10.5 Å². The Kier molecular flexibility index (Phi) is 3.76. The third-order valence-corrected chi connectivity index (χ3v) is 3.01. The zero-order valence-electron chi connectivity index (χ0n) is 8.45. The van der Waals surface area contributed by atoms with Crippen LogP contribution in [0.3, 0.4) is 0 Å². The molecule has 0 atom stereocenters. The van der Waals surface area contributed by atoms with E-state index in [1.165, 1.54) is 6.20 Å². The summed E-state index contributed by atoms with van der Waals surface area (Å²) in [6.07, 6.45) is 1.49. The van der Waals surface area contributed by atoms with Gasteiger partial charge in [0.25, 0.3) is 0 Å². The van der Waals surface area contributed by atoms with Crippen LogP contribution in [0, 0.1) is 0 Å². The van der Waals surface area contributed by atoms with Crippen LogP contribution in [0.1, 0.15) is 0 Å². The van der Waals surface area contributed by atoms with Crippen LogP contribution >= 0.6 is 39.1 Å². The Hall–Kier alpha value is -0.970. The summed E-state index contributed by atoms with van der Waals surface area (Å²) < 4.78 is 6.20. The fourth-order valence-electron chi connectivity index (χ4n) is 1.18. The molecule has 0 bridgehead atoms. The number of anilines is 1. The lowest BCUT2D eigenvalue weighted by atomic mass is 10.3. The molecule has 1 heterocycles. The number of nitrogens with two attached hydrogens (primary N) is 1. The molecule has 88 valence electrons. The SMILES string of the molecule is Nc1ccc(Oc2ncc(Cl)cc2Br)c(Cl)c1. The fraction of sp³-hybridized carbons (Fsp3) is 0. The second kappa shape index (κ2) is 5.12. The first kappa shape index (κ1) is 12.5. The van der Waals surface area contributed by atoms with Crippen LogP contribution in [0.25, 0.3) is 0 Å². The van der Waals surface area contributed by atoms with Gasteiger partial charge in [-0.3, -0.25) is 0 Å². The predicted octanol–water partition coefficient (Wildman–Crippen LogP) is 4.53.